The Labute approximate surface area is 180 Å². The van der Waals surface area contributed by atoms with Gasteiger partial charge in [-0.3, -0.25) is 10.1 Å². The van der Waals surface area contributed by atoms with Crippen molar-refractivity contribution in [2.45, 2.75) is 26.2 Å². The first kappa shape index (κ1) is 21.8. The third kappa shape index (κ3) is 5.81. The number of hydrogen-bond donors (Lipinski definition) is 3. The van der Waals surface area contributed by atoms with E-state index in [4.69, 9.17) is 4.52 Å². The summed E-state index contributed by atoms with van der Waals surface area (Å²) in [5.41, 5.74) is 1.41. The second kappa shape index (κ2) is 8.86. The van der Waals surface area contributed by atoms with Crippen molar-refractivity contribution in [3.05, 3.63) is 60.0 Å². The Bertz CT molecular complexity index is 1050. The van der Waals surface area contributed by atoms with Crippen molar-refractivity contribution >= 4 is 34.9 Å². The first-order valence-corrected chi connectivity index (χ1v) is 9.72. The molecule has 0 atom stereocenters. The minimum atomic E-state index is -0.447. The number of rotatable bonds is 5. The van der Waals surface area contributed by atoms with E-state index in [0.717, 1.165) is 5.82 Å². The number of hydrogen-bond acceptors (Lipinski definition) is 6. The normalized spacial score (nSPS) is 11.0. The van der Waals surface area contributed by atoms with Gasteiger partial charge in [-0.2, -0.15) is 0 Å². The number of urea groups is 1. The van der Waals surface area contributed by atoms with E-state index in [1.807, 2.05) is 39.8 Å². The zero-order valence-electron chi connectivity index (χ0n) is 18.2. The molecule has 0 aliphatic rings. The molecule has 0 fully saturated rings. The lowest BCUT2D eigenvalue weighted by molar-refractivity contribution is 0.102. The lowest BCUT2D eigenvalue weighted by atomic mass is 9.93. The Morgan fingerprint density at radius 2 is 1.58 bits per heavy atom. The zero-order chi connectivity index (χ0) is 22.6. The number of aromatic nitrogens is 2. The van der Waals surface area contributed by atoms with Crippen molar-refractivity contribution in [2.75, 3.05) is 34.9 Å². The van der Waals surface area contributed by atoms with Gasteiger partial charge >= 0.3 is 6.03 Å². The molecule has 2 aromatic heterocycles. The van der Waals surface area contributed by atoms with E-state index in [0.29, 0.717) is 28.5 Å². The maximum absolute atomic E-state index is 12.4. The van der Waals surface area contributed by atoms with Crippen molar-refractivity contribution in [1.82, 2.24) is 10.1 Å². The minimum absolute atomic E-state index is 0.200. The molecular weight excluding hydrogens is 396 g/mol. The van der Waals surface area contributed by atoms with Gasteiger partial charge < -0.3 is 20.1 Å². The molecule has 0 unspecified atom stereocenters. The van der Waals surface area contributed by atoms with Crippen LogP contribution in [0.4, 0.5) is 27.8 Å². The number of pyridine rings is 1. The fraction of sp³-hybridized carbons (Fsp3) is 0.273. The lowest BCUT2D eigenvalue weighted by Crippen LogP contribution is -2.19. The van der Waals surface area contributed by atoms with Gasteiger partial charge in [0.2, 0.25) is 0 Å². The average Bonchev–Trinajstić information content (AvgIpc) is 3.18. The van der Waals surface area contributed by atoms with Crippen LogP contribution in [-0.2, 0) is 5.41 Å². The standard InChI is InChI=1S/C22H26N6O3/c1-22(2,3)17-12-18(27-31-17)26-21(30)25-16-9-7-15(8-10-16)24-20(29)14-6-11-19(23-13-14)28(4)5/h6-13H,1-5H3,(H,24,29)(H2,25,26,27,30). The van der Waals surface area contributed by atoms with E-state index in [9.17, 15) is 9.59 Å². The highest BCUT2D eigenvalue weighted by Crippen LogP contribution is 2.24. The summed E-state index contributed by atoms with van der Waals surface area (Å²) in [4.78, 5) is 30.6. The first-order chi connectivity index (χ1) is 14.6. The average molecular weight is 422 g/mol. The summed E-state index contributed by atoms with van der Waals surface area (Å²) < 4.78 is 5.25. The maximum atomic E-state index is 12.4. The molecule has 9 nitrogen and oxygen atoms in total. The fourth-order valence-corrected chi connectivity index (χ4v) is 2.59. The molecular formula is C22H26N6O3. The summed E-state index contributed by atoms with van der Waals surface area (Å²) in [5, 5.41) is 12.0. The summed E-state index contributed by atoms with van der Waals surface area (Å²) in [6, 6.07) is 11.5. The van der Waals surface area contributed by atoms with Crippen LogP contribution in [0.1, 0.15) is 36.9 Å². The summed E-state index contributed by atoms with van der Waals surface area (Å²) in [5.74, 6) is 1.51. The van der Waals surface area contributed by atoms with Crippen LogP contribution in [0.25, 0.3) is 0 Å². The SMILES string of the molecule is CN(C)c1ccc(C(=O)Nc2ccc(NC(=O)Nc3cc(C(C)(C)C)on3)cc2)cn1. The van der Waals surface area contributed by atoms with Gasteiger partial charge in [0.25, 0.3) is 5.91 Å². The van der Waals surface area contributed by atoms with Crippen LogP contribution < -0.4 is 20.9 Å². The molecule has 0 aliphatic heterocycles. The number of nitrogens with one attached hydrogen (secondary N) is 3. The number of carbonyl (C=O) groups is 2. The van der Waals surface area contributed by atoms with E-state index in [-0.39, 0.29) is 11.3 Å². The number of benzene rings is 1. The molecule has 31 heavy (non-hydrogen) atoms. The molecule has 9 heteroatoms. The Morgan fingerprint density at radius 1 is 0.935 bits per heavy atom. The van der Waals surface area contributed by atoms with E-state index < -0.39 is 6.03 Å². The number of nitrogens with zero attached hydrogens (tertiary/aromatic N) is 3. The third-order valence-corrected chi connectivity index (χ3v) is 4.36. The summed E-state index contributed by atoms with van der Waals surface area (Å²) in [6.07, 6.45) is 1.53. The highest BCUT2D eigenvalue weighted by atomic mass is 16.5. The molecule has 0 aliphatic carbocycles. The summed E-state index contributed by atoms with van der Waals surface area (Å²) in [7, 11) is 3.76. The predicted molar refractivity (Wildman–Crippen MR) is 121 cm³/mol. The topological polar surface area (TPSA) is 112 Å². The molecule has 3 N–H and O–H groups in total. The molecule has 2 heterocycles. The van der Waals surface area contributed by atoms with Crippen molar-refractivity contribution < 1.29 is 14.1 Å². The van der Waals surface area contributed by atoms with Gasteiger partial charge in [-0.1, -0.05) is 25.9 Å². The molecule has 0 saturated carbocycles. The van der Waals surface area contributed by atoms with Crippen LogP contribution in [0, 0.1) is 0 Å². The zero-order valence-corrected chi connectivity index (χ0v) is 18.2. The van der Waals surface area contributed by atoms with Crippen LogP contribution >= 0.6 is 0 Å². The van der Waals surface area contributed by atoms with Crippen LogP contribution in [-0.4, -0.2) is 36.2 Å². The van der Waals surface area contributed by atoms with Crippen LogP contribution in [0.15, 0.2) is 53.2 Å². The van der Waals surface area contributed by atoms with Crippen LogP contribution in [0.2, 0.25) is 0 Å². The highest BCUT2D eigenvalue weighted by Gasteiger charge is 2.20. The predicted octanol–water partition coefficient (Wildman–Crippen LogP) is 4.33. The number of amides is 3. The molecule has 3 aromatic rings. The third-order valence-electron chi connectivity index (χ3n) is 4.36. The fourth-order valence-electron chi connectivity index (χ4n) is 2.59. The van der Waals surface area contributed by atoms with Crippen LogP contribution in [0.5, 0.6) is 0 Å². The van der Waals surface area contributed by atoms with E-state index in [2.05, 4.69) is 26.1 Å². The van der Waals surface area contributed by atoms with Crippen molar-refractivity contribution in [2.24, 2.45) is 0 Å². The molecule has 0 radical (unpaired) electrons. The minimum Gasteiger partial charge on any atom is -0.363 e. The Kier molecular flexibility index (Phi) is 6.24. The first-order valence-electron chi connectivity index (χ1n) is 9.72. The Hall–Kier alpha value is -3.88. The molecule has 162 valence electrons. The summed E-state index contributed by atoms with van der Waals surface area (Å²) >= 11 is 0. The Balaban J connectivity index is 1.55. The van der Waals surface area contributed by atoms with Crippen LogP contribution in [0.3, 0.4) is 0 Å². The second-order valence-electron chi connectivity index (χ2n) is 8.24. The van der Waals surface area contributed by atoms with E-state index in [1.54, 1.807) is 42.5 Å². The number of anilines is 4. The van der Waals surface area contributed by atoms with Crippen molar-refractivity contribution in [3.8, 4) is 0 Å². The van der Waals surface area contributed by atoms with Crippen molar-refractivity contribution in [3.63, 3.8) is 0 Å². The molecule has 3 rings (SSSR count). The Morgan fingerprint density at radius 3 is 2.10 bits per heavy atom. The second-order valence-corrected chi connectivity index (χ2v) is 8.24. The maximum Gasteiger partial charge on any atom is 0.324 e. The van der Waals surface area contributed by atoms with Gasteiger partial charge in [0.1, 0.15) is 11.6 Å². The van der Waals surface area contributed by atoms with Gasteiger partial charge in [-0.25, -0.2) is 9.78 Å². The smallest absolute Gasteiger partial charge is 0.324 e. The molecule has 1 aromatic carbocycles. The van der Waals surface area contributed by atoms with Crippen molar-refractivity contribution in [1.29, 1.82) is 0 Å². The van der Waals surface area contributed by atoms with E-state index in [1.165, 1.54) is 6.20 Å². The molecule has 0 spiro atoms. The highest BCUT2D eigenvalue weighted by molar-refractivity contribution is 6.04. The monoisotopic (exact) mass is 422 g/mol. The largest absolute Gasteiger partial charge is 0.363 e. The van der Waals surface area contributed by atoms with Gasteiger partial charge in [0.05, 0.1) is 5.56 Å². The van der Waals surface area contributed by atoms with Gasteiger partial charge in [0.15, 0.2) is 5.82 Å². The molecule has 0 saturated heterocycles. The van der Waals surface area contributed by atoms with Gasteiger partial charge in [-0.15, -0.1) is 0 Å². The molecule has 3 amide bonds. The van der Waals surface area contributed by atoms with Gasteiger partial charge in [0, 0.05) is 43.1 Å². The van der Waals surface area contributed by atoms with E-state index >= 15 is 0 Å². The molecule has 0 bridgehead atoms. The lowest BCUT2D eigenvalue weighted by Gasteiger charge is -2.12. The summed E-state index contributed by atoms with van der Waals surface area (Å²) in [6.45, 7) is 5.98. The number of carbonyl (C=O) groups excluding carboxylic acids is 2. The van der Waals surface area contributed by atoms with Gasteiger partial charge in [-0.05, 0) is 36.4 Å². The quantitative estimate of drug-likeness (QED) is 0.564.